The van der Waals surface area contributed by atoms with Crippen molar-refractivity contribution in [2.24, 2.45) is 0 Å². The van der Waals surface area contributed by atoms with Crippen molar-refractivity contribution in [3.63, 3.8) is 0 Å². The molecule has 1 aliphatic rings. The Balaban J connectivity index is 1.71. The Morgan fingerprint density at radius 1 is 1.06 bits per heavy atom. The molecule has 1 saturated carbocycles. The highest BCUT2D eigenvalue weighted by Crippen LogP contribution is 2.45. The predicted octanol–water partition coefficient (Wildman–Crippen LogP) is 3.76. The average Bonchev–Trinajstić information content (AvgIpc) is 3.61. The molecule has 2 aromatic carbocycles. The first kappa shape index (κ1) is 21.3. The monoisotopic (exact) mass is 440 g/mol. The second-order valence-corrected chi connectivity index (χ2v) is 8.29. The van der Waals surface area contributed by atoms with Crippen LogP contribution in [0, 0.1) is 0 Å². The van der Waals surface area contributed by atoms with Crippen LogP contribution in [0.15, 0.2) is 68.0 Å². The van der Waals surface area contributed by atoms with Crippen LogP contribution in [0.1, 0.15) is 29.9 Å². The van der Waals surface area contributed by atoms with Gasteiger partial charge in [0.25, 0.3) is 5.56 Å². The fraction of sp³-hybridized carbons (Fsp3) is 0.304. The molecule has 0 spiro atoms. The molecule has 1 heterocycles. The summed E-state index contributed by atoms with van der Waals surface area (Å²) in [6.45, 7) is 0.386. The second kappa shape index (κ2) is 9.45. The summed E-state index contributed by atoms with van der Waals surface area (Å²) in [6, 6.07) is 15.2. The maximum Gasteiger partial charge on any atom is 0.331 e. The van der Waals surface area contributed by atoms with E-state index in [1.165, 1.54) is 16.3 Å². The summed E-state index contributed by atoms with van der Waals surface area (Å²) < 4.78 is 18.2. The predicted molar refractivity (Wildman–Crippen MR) is 118 cm³/mol. The van der Waals surface area contributed by atoms with E-state index in [4.69, 9.17) is 14.2 Å². The minimum Gasteiger partial charge on any atom is -0.497 e. The topological polar surface area (TPSA) is 82.5 Å². The van der Waals surface area contributed by atoms with Crippen LogP contribution in [-0.4, -0.2) is 23.8 Å². The minimum absolute atomic E-state index is 0.0266. The van der Waals surface area contributed by atoms with E-state index in [9.17, 15) is 9.59 Å². The molecule has 0 amide bonds. The Morgan fingerprint density at radius 2 is 1.84 bits per heavy atom. The fourth-order valence-electron chi connectivity index (χ4n) is 3.32. The number of nitrogens with zero attached hydrogens (tertiary/aromatic N) is 1. The molecule has 1 N–H and O–H groups in total. The van der Waals surface area contributed by atoms with E-state index in [-0.39, 0.29) is 18.2 Å². The lowest BCUT2D eigenvalue weighted by molar-refractivity contribution is 0.0550. The lowest BCUT2D eigenvalue weighted by atomic mass is 10.2. The van der Waals surface area contributed by atoms with Gasteiger partial charge in [0.1, 0.15) is 18.2 Å². The Hall–Kier alpha value is -2.97. The SMILES string of the molecule is COc1ccc(OC)c(Sc2c(C3CC3)c(=O)[nH]c(=O)n2COCc2ccccc2)c1. The number of hydrogen-bond acceptors (Lipinski definition) is 6. The molecule has 0 aliphatic heterocycles. The van der Waals surface area contributed by atoms with Gasteiger partial charge in [-0.15, -0.1) is 0 Å². The van der Waals surface area contributed by atoms with Gasteiger partial charge in [-0.05, 0) is 42.5 Å². The molecule has 0 atom stereocenters. The van der Waals surface area contributed by atoms with Gasteiger partial charge in [0.15, 0.2) is 0 Å². The molecule has 0 unspecified atom stereocenters. The number of aromatic amines is 1. The minimum atomic E-state index is -0.494. The van der Waals surface area contributed by atoms with Crippen LogP contribution < -0.4 is 20.7 Å². The Bertz CT molecular complexity index is 1170. The van der Waals surface area contributed by atoms with Crippen molar-refractivity contribution in [1.29, 1.82) is 0 Å². The van der Waals surface area contributed by atoms with E-state index in [1.54, 1.807) is 26.4 Å². The number of aromatic nitrogens is 2. The number of methoxy groups -OCH3 is 2. The van der Waals surface area contributed by atoms with Crippen LogP contribution in [-0.2, 0) is 18.1 Å². The van der Waals surface area contributed by atoms with Gasteiger partial charge in [0, 0.05) is 0 Å². The first-order valence-electron chi connectivity index (χ1n) is 9.99. The maximum absolute atomic E-state index is 12.7. The van der Waals surface area contributed by atoms with Gasteiger partial charge in [-0.2, -0.15) is 0 Å². The molecule has 8 heteroatoms. The zero-order valence-electron chi connectivity index (χ0n) is 17.4. The van der Waals surface area contributed by atoms with Gasteiger partial charge in [0.05, 0.1) is 36.3 Å². The first-order valence-corrected chi connectivity index (χ1v) is 10.8. The van der Waals surface area contributed by atoms with Crippen LogP contribution in [0.3, 0.4) is 0 Å². The average molecular weight is 441 g/mol. The summed E-state index contributed by atoms with van der Waals surface area (Å²) in [5.74, 6) is 1.44. The Morgan fingerprint density at radius 3 is 2.52 bits per heavy atom. The van der Waals surface area contributed by atoms with E-state index < -0.39 is 5.69 Å². The molecular weight excluding hydrogens is 416 g/mol. The van der Waals surface area contributed by atoms with E-state index in [2.05, 4.69) is 4.98 Å². The molecule has 31 heavy (non-hydrogen) atoms. The summed E-state index contributed by atoms with van der Waals surface area (Å²) in [7, 11) is 3.17. The number of nitrogens with one attached hydrogen (secondary N) is 1. The molecule has 0 bridgehead atoms. The summed E-state index contributed by atoms with van der Waals surface area (Å²) in [4.78, 5) is 28.6. The standard InChI is InChI=1S/C23H24N2O5S/c1-28-17-10-11-18(29-2)19(12-17)31-22-20(16-8-9-16)21(26)24-23(27)25(22)14-30-13-15-6-4-3-5-7-15/h3-7,10-12,16H,8-9,13-14H2,1-2H3,(H,24,26,27). The van der Waals surface area contributed by atoms with E-state index in [0.29, 0.717) is 28.7 Å². The van der Waals surface area contributed by atoms with E-state index in [0.717, 1.165) is 23.3 Å². The zero-order valence-corrected chi connectivity index (χ0v) is 18.2. The summed E-state index contributed by atoms with van der Waals surface area (Å²) in [5.41, 5.74) is 0.798. The van der Waals surface area contributed by atoms with Crippen molar-refractivity contribution >= 4 is 11.8 Å². The highest BCUT2D eigenvalue weighted by Gasteiger charge is 2.32. The molecule has 1 aliphatic carbocycles. The van der Waals surface area contributed by atoms with Crippen LogP contribution >= 0.6 is 11.8 Å². The smallest absolute Gasteiger partial charge is 0.331 e. The molecule has 162 valence electrons. The fourth-order valence-corrected chi connectivity index (χ4v) is 4.57. The third kappa shape index (κ3) is 4.86. The quantitative estimate of drug-likeness (QED) is 0.510. The second-order valence-electron chi connectivity index (χ2n) is 7.26. The third-order valence-electron chi connectivity index (χ3n) is 5.08. The highest BCUT2D eigenvalue weighted by molar-refractivity contribution is 7.99. The lowest BCUT2D eigenvalue weighted by Gasteiger charge is -2.17. The number of ether oxygens (including phenoxy) is 3. The Kier molecular flexibility index (Phi) is 6.48. The van der Waals surface area contributed by atoms with Crippen molar-refractivity contribution in [3.05, 3.63) is 80.5 Å². The van der Waals surface area contributed by atoms with Gasteiger partial charge in [-0.3, -0.25) is 14.3 Å². The third-order valence-corrected chi connectivity index (χ3v) is 6.25. The highest BCUT2D eigenvalue weighted by atomic mass is 32.2. The van der Waals surface area contributed by atoms with E-state index >= 15 is 0 Å². The van der Waals surface area contributed by atoms with Gasteiger partial charge < -0.3 is 14.2 Å². The van der Waals surface area contributed by atoms with Crippen LogP contribution in [0.4, 0.5) is 0 Å². The largest absolute Gasteiger partial charge is 0.497 e. The van der Waals surface area contributed by atoms with Crippen LogP contribution in [0.2, 0.25) is 0 Å². The number of hydrogen-bond donors (Lipinski definition) is 1. The molecule has 0 radical (unpaired) electrons. The van der Waals surface area contributed by atoms with Gasteiger partial charge >= 0.3 is 5.69 Å². The first-order chi connectivity index (χ1) is 15.1. The Labute approximate surface area is 184 Å². The van der Waals surface area contributed by atoms with Gasteiger partial charge in [-0.1, -0.05) is 42.1 Å². The summed E-state index contributed by atoms with van der Waals surface area (Å²) in [5, 5.41) is 0.580. The molecule has 0 saturated heterocycles. The normalized spacial score (nSPS) is 13.2. The molecule has 1 fully saturated rings. The van der Waals surface area contributed by atoms with Crippen LogP contribution in [0.25, 0.3) is 0 Å². The zero-order chi connectivity index (χ0) is 21.8. The van der Waals surface area contributed by atoms with Crippen molar-refractivity contribution < 1.29 is 14.2 Å². The van der Waals surface area contributed by atoms with Crippen molar-refractivity contribution in [3.8, 4) is 11.5 Å². The summed E-state index contributed by atoms with van der Waals surface area (Å²) >= 11 is 1.32. The van der Waals surface area contributed by atoms with Crippen molar-refractivity contribution in [1.82, 2.24) is 9.55 Å². The lowest BCUT2D eigenvalue weighted by Crippen LogP contribution is -2.34. The van der Waals surface area contributed by atoms with Crippen molar-refractivity contribution in [2.45, 2.75) is 42.0 Å². The summed E-state index contributed by atoms with van der Waals surface area (Å²) in [6.07, 6.45) is 1.85. The maximum atomic E-state index is 12.7. The van der Waals surface area contributed by atoms with Gasteiger partial charge in [-0.25, -0.2) is 4.79 Å². The number of H-pyrrole nitrogens is 1. The molecule has 1 aromatic heterocycles. The van der Waals surface area contributed by atoms with E-state index in [1.807, 2.05) is 36.4 Å². The number of rotatable bonds is 9. The van der Waals surface area contributed by atoms with Crippen molar-refractivity contribution in [2.75, 3.05) is 14.2 Å². The molecule has 4 rings (SSSR count). The van der Waals surface area contributed by atoms with Gasteiger partial charge in [0.2, 0.25) is 0 Å². The molecule has 3 aromatic rings. The number of benzene rings is 2. The molecular formula is C23H24N2O5S. The van der Waals surface area contributed by atoms with Crippen LogP contribution in [0.5, 0.6) is 11.5 Å². The molecule has 7 nitrogen and oxygen atoms in total.